The highest BCUT2D eigenvalue weighted by molar-refractivity contribution is 4.87. The lowest BCUT2D eigenvalue weighted by molar-refractivity contribution is 0.0459. The van der Waals surface area contributed by atoms with Crippen molar-refractivity contribution >= 4 is 0 Å². The normalized spacial score (nSPS) is 26.7. The first kappa shape index (κ1) is 7.60. The molecular formula is C10H19N. The molecule has 0 aromatic heterocycles. The minimum absolute atomic E-state index is 0.977. The van der Waals surface area contributed by atoms with Crippen LogP contribution in [0, 0.1) is 0 Å². The lowest BCUT2D eigenvalue weighted by Crippen LogP contribution is -2.49. The van der Waals surface area contributed by atoms with Crippen LogP contribution in [-0.2, 0) is 0 Å². The average Bonchev–Trinajstić information content (AvgIpc) is 1.78. The quantitative estimate of drug-likeness (QED) is 0.602. The molecule has 0 bridgehead atoms. The van der Waals surface area contributed by atoms with E-state index >= 15 is 0 Å². The molecule has 2 aliphatic rings. The first-order valence-corrected chi connectivity index (χ1v) is 5.17. The summed E-state index contributed by atoms with van der Waals surface area (Å²) in [5.74, 6) is 0. The second-order valence-corrected chi connectivity index (χ2v) is 4.00. The van der Waals surface area contributed by atoms with Gasteiger partial charge in [0, 0.05) is 12.1 Å². The van der Waals surface area contributed by atoms with Crippen molar-refractivity contribution in [3.8, 4) is 0 Å². The first-order valence-electron chi connectivity index (χ1n) is 5.17. The Morgan fingerprint density at radius 2 is 1.45 bits per heavy atom. The van der Waals surface area contributed by atoms with Crippen LogP contribution < -0.4 is 0 Å². The molecular weight excluding hydrogens is 134 g/mol. The number of rotatable bonds is 3. The summed E-state index contributed by atoms with van der Waals surface area (Å²) in [4.78, 5) is 2.74. The van der Waals surface area contributed by atoms with Gasteiger partial charge in [0.05, 0.1) is 0 Å². The van der Waals surface area contributed by atoms with E-state index in [1.54, 1.807) is 0 Å². The summed E-state index contributed by atoms with van der Waals surface area (Å²) in [5, 5.41) is 0. The van der Waals surface area contributed by atoms with Crippen LogP contribution in [0.25, 0.3) is 0 Å². The van der Waals surface area contributed by atoms with Gasteiger partial charge in [-0.05, 0) is 32.2 Å². The van der Waals surface area contributed by atoms with Crippen molar-refractivity contribution in [2.75, 3.05) is 6.54 Å². The van der Waals surface area contributed by atoms with E-state index in [0.717, 1.165) is 12.1 Å². The Morgan fingerprint density at radius 1 is 1.00 bits per heavy atom. The van der Waals surface area contributed by atoms with Crippen LogP contribution >= 0.6 is 0 Å². The summed E-state index contributed by atoms with van der Waals surface area (Å²) >= 11 is 0. The molecule has 0 heterocycles. The molecule has 0 saturated heterocycles. The molecule has 0 aromatic rings. The van der Waals surface area contributed by atoms with Gasteiger partial charge >= 0.3 is 0 Å². The lowest BCUT2D eigenvalue weighted by Gasteiger charge is -2.45. The molecule has 2 saturated carbocycles. The van der Waals surface area contributed by atoms with Gasteiger partial charge in [-0.15, -0.1) is 0 Å². The third-order valence-corrected chi connectivity index (χ3v) is 3.45. The fraction of sp³-hybridized carbons (Fsp3) is 1.00. The predicted octanol–water partition coefficient (Wildman–Crippen LogP) is 2.41. The molecule has 0 amide bonds. The molecule has 11 heavy (non-hydrogen) atoms. The maximum atomic E-state index is 2.74. The monoisotopic (exact) mass is 153 g/mol. The first-order chi connectivity index (χ1) is 5.42. The minimum atomic E-state index is 0.977. The van der Waals surface area contributed by atoms with Crippen LogP contribution in [0.4, 0.5) is 0 Å². The standard InChI is InChI=1S/C10H19N/c1-2-11(9-5-3-6-9)10-7-4-8-10/h9-10H,2-8H2,1H3. The molecule has 1 heteroatoms. The maximum absolute atomic E-state index is 2.74. The van der Waals surface area contributed by atoms with Crippen molar-refractivity contribution in [2.45, 2.75) is 57.5 Å². The van der Waals surface area contributed by atoms with E-state index in [9.17, 15) is 0 Å². The SMILES string of the molecule is CCN(C1CCC1)C1CCC1. The average molecular weight is 153 g/mol. The smallest absolute Gasteiger partial charge is 0.00980 e. The number of hydrogen-bond donors (Lipinski definition) is 0. The van der Waals surface area contributed by atoms with Crippen LogP contribution in [0.15, 0.2) is 0 Å². The largest absolute Gasteiger partial charge is 0.298 e. The third-order valence-electron chi connectivity index (χ3n) is 3.45. The Hall–Kier alpha value is -0.0400. The fourth-order valence-electron chi connectivity index (χ4n) is 2.25. The zero-order valence-electron chi connectivity index (χ0n) is 7.55. The van der Waals surface area contributed by atoms with Gasteiger partial charge in [-0.25, -0.2) is 0 Å². The molecule has 0 radical (unpaired) electrons. The highest BCUT2D eigenvalue weighted by Crippen LogP contribution is 2.33. The van der Waals surface area contributed by atoms with Gasteiger partial charge in [0.15, 0.2) is 0 Å². The predicted molar refractivity (Wildman–Crippen MR) is 47.7 cm³/mol. The fourth-order valence-corrected chi connectivity index (χ4v) is 2.25. The molecule has 2 rings (SSSR count). The molecule has 1 nitrogen and oxygen atoms in total. The van der Waals surface area contributed by atoms with Crippen molar-refractivity contribution in [2.24, 2.45) is 0 Å². The van der Waals surface area contributed by atoms with E-state index in [4.69, 9.17) is 0 Å². The summed E-state index contributed by atoms with van der Waals surface area (Å²) in [5.41, 5.74) is 0. The highest BCUT2D eigenvalue weighted by Gasteiger charge is 2.31. The summed E-state index contributed by atoms with van der Waals surface area (Å²) in [6.07, 6.45) is 8.87. The van der Waals surface area contributed by atoms with Crippen molar-refractivity contribution in [3.63, 3.8) is 0 Å². The molecule has 2 fully saturated rings. The summed E-state index contributed by atoms with van der Waals surface area (Å²) in [6, 6.07) is 1.95. The number of hydrogen-bond acceptors (Lipinski definition) is 1. The van der Waals surface area contributed by atoms with E-state index in [0.29, 0.717) is 0 Å². The van der Waals surface area contributed by atoms with Gasteiger partial charge < -0.3 is 0 Å². The third kappa shape index (κ3) is 1.31. The zero-order chi connectivity index (χ0) is 7.68. The molecule has 0 spiro atoms. The Labute approximate surface area is 69.8 Å². The highest BCUT2D eigenvalue weighted by atomic mass is 15.2. The van der Waals surface area contributed by atoms with Crippen LogP contribution in [0.1, 0.15) is 45.4 Å². The van der Waals surface area contributed by atoms with Gasteiger partial charge in [-0.2, -0.15) is 0 Å². The molecule has 2 aliphatic carbocycles. The van der Waals surface area contributed by atoms with Crippen molar-refractivity contribution in [1.29, 1.82) is 0 Å². The Balaban J connectivity index is 1.83. The topological polar surface area (TPSA) is 3.24 Å². The van der Waals surface area contributed by atoms with E-state index in [-0.39, 0.29) is 0 Å². The van der Waals surface area contributed by atoms with E-state index in [1.165, 1.54) is 45.1 Å². The van der Waals surface area contributed by atoms with Crippen LogP contribution in [0.3, 0.4) is 0 Å². The van der Waals surface area contributed by atoms with Crippen molar-refractivity contribution in [3.05, 3.63) is 0 Å². The minimum Gasteiger partial charge on any atom is -0.298 e. The van der Waals surface area contributed by atoms with E-state index in [1.807, 2.05) is 0 Å². The Morgan fingerprint density at radius 3 is 1.64 bits per heavy atom. The van der Waals surface area contributed by atoms with Crippen LogP contribution in [-0.4, -0.2) is 23.5 Å². The molecule has 0 unspecified atom stereocenters. The van der Waals surface area contributed by atoms with Crippen molar-refractivity contribution in [1.82, 2.24) is 4.90 Å². The van der Waals surface area contributed by atoms with Gasteiger partial charge in [0.1, 0.15) is 0 Å². The summed E-state index contributed by atoms with van der Waals surface area (Å²) in [6.45, 7) is 3.60. The van der Waals surface area contributed by atoms with Gasteiger partial charge in [0.25, 0.3) is 0 Å². The summed E-state index contributed by atoms with van der Waals surface area (Å²) in [7, 11) is 0. The van der Waals surface area contributed by atoms with Gasteiger partial charge in [-0.3, -0.25) is 4.90 Å². The molecule has 0 atom stereocenters. The second-order valence-electron chi connectivity index (χ2n) is 4.00. The summed E-state index contributed by atoms with van der Waals surface area (Å²) < 4.78 is 0. The Kier molecular flexibility index (Phi) is 2.17. The van der Waals surface area contributed by atoms with Gasteiger partial charge in [-0.1, -0.05) is 19.8 Å². The van der Waals surface area contributed by atoms with Crippen LogP contribution in [0.5, 0.6) is 0 Å². The lowest BCUT2D eigenvalue weighted by atomic mass is 9.85. The zero-order valence-corrected chi connectivity index (χ0v) is 7.55. The Bertz CT molecular complexity index is 111. The molecule has 64 valence electrons. The molecule has 0 N–H and O–H groups in total. The van der Waals surface area contributed by atoms with Crippen molar-refractivity contribution < 1.29 is 0 Å². The van der Waals surface area contributed by atoms with Gasteiger partial charge in [0.2, 0.25) is 0 Å². The second kappa shape index (κ2) is 3.14. The van der Waals surface area contributed by atoms with E-state index < -0.39 is 0 Å². The molecule has 0 aliphatic heterocycles. The molecule has 0 aromatic carbocycles. The van der Waals surface area contributed by atoms with E-state index in [2.05, 4.69) is 11.8 Å². The number of nitrogens with zero attached hydrogens (tertiary/aromatic N) is 1. The van der Waals surface area contributed by atoms with Crippen LogP contribution in [0.2, 0.25) is 0 Å². The maximum Gasteiger partial charge on any atom is 0.00980 e.